The van der Waals surface area contributed by atoms with Crippen molar-refractivity contribution >= 4 is 10.9 Å². The summed E-state index contributed by atoms with van der Waals surface area (Å²) in [6, 6.07) is 26.7. The highest BCUT2D eigenvalue weighted by molar-refractivity contribution is 7.97. The number of aromatic hydroxyl groups is 1. The first kappa shape index (κ1) is 13.8. The molecular weight excluding hydrogens is 276 g/mol. The molecule has 0 atom stereocenters. The van der Waals surface area contributed by atoms with Gasteiger partial charge in [-0.05, 0) is 43.3 Å². The van der Waals surface area contributed by atoms with Gasteiger partial charge in [-0.15, -0.1) is 0 Å². The van der Waals surface area contributed by atoms with Gasteiger partial charge < -0.3 is 5.11 Å². The second kappa shape index (κ2) is 6.06. The molecule has 0 aliphatic carbocycles. The van der Waals surface area contributed by atoms with Gasteiger partial charge in [-0.2, -0.15) is 0 Å². The van der Waals surface area contributed by atoms with Gasteiger partial charge in [0.25, 0.3) is 0 Å². The highest BCUT2D eigenvalue weighted by Crippen LogP contribution is 2.35. The summed E-state index contributed by atoms with van der Waals surface area (Å²) >= 11 is 0. The Morgan fingerprint density at radius 1 is 0.667 bits per heavy atom. The first-order chi connectivity index (χ1) is 10.3. The zero-order valence-electron chi connectivity index (χ0n) is 11.9. The molecule has 0 radical (unpaired) electrons. The monoisotopic (exact) mass is 293 g/mol. The zero-order valence-corrected chi connectivity index (χ0v) is 12.7. The van der Waals surface area contributed by atoms with Crippen molar-refractivity contribution in [3.05, 3.63) is 84.4 Å². The van der Waals surface area contributed by atoms with Gasteiger partial charge in [0, 0.05) is 5.56 Å². The maximum absolute atomic E-state index is 10.0. The van der Waals surface area contributed by atoms with Crippen LogP contribution in [0.25, 0.3) is 0 Å². The van der Waals surface area contributed by atoms with Crippen LogP contribution in [0.2, 0.25) is 0 Å². The molecule has 1 nitrogen and oxygen atoms in total. The third-order valence-electron chi connectivity index (χ3n) is 3.43. The van der Waals surface area contributed by atoms with E-state index in [2.05, 4.69) is 54.6 Å². The van der Waals surface area contributed by atoms with E-state index in [0.717, 1.165) is 5.56 Å². The molecule has 0 aromatic heterocycles. The molecule has 0 bridgehead atoms. The summed E-state index contributed by atoms with van der Waals surface area (Å²) in [7, 11) is -0.196. The van der Waals surface area contributed by atoms with Gasteiger partial charge in [0.2, 0.25) is 0 Å². The molecule has 3 aromatic rings. The molecular formula is C19H17OS+. The highest BCUT2D eigenvalue weighted by Gasteiger charge is 2.30. The van der Waals surface area contributed by atoms with Crippen molar-refractivity contribution in [2.75, 3.05) is 0 Å². The summed E-state index contributed by atoms with van der Waals surface area (Å²) < 4.78 is 0. The molecule has 0 saturated heterocycles. The van der Waals surface area contributed by atoms with Gasteiger partial charge in [-0.3, -0.25) is 0 Å². The van der Waals surface area contributed by atoms with Gasteiger partial charge in [0.05, 0.1) is 10.9 Å². The minimum absolute atomic E-state index is 0.196. The summed E-state index contributed by atoms with van der Waals surface area (Å²) in [4.78, 5) is 3.70. The molecule has 0 amide bonds. The molecule has 0 unspecified atom stereocenters. The third kappa shape index (κ3) is 2.81. The maximum atomic E-state index is 10.0. The molecule has 0 saturated carbocycles. The lowest BCUT2D eigenvalue weighted by atomic mass is 10.2. The number of benzene rings is 3. The van der Waals surface area contributed by atoms with Crippen LogP contribution in [0, 0.1) is 6.92 Å². The third-order valence-corrected chi connectivity index (χ3v) is 5.80. The van der Waals surface area contributed by atoms with E-state index in [0.29, 0.717) is 5.75 Å². The normalized spacial score (nSPS) is 10.8. The topological polar surface area (TPSA) is 20.2 Å². The summed E-state index contributed by atoms with van der Waals surface area (Å²) in [6.07, 6.45) is 0. The molecule has 3 rings (SSSR count). The highest BCUT2D eigenvalue weighted by atomic mass is 32.2. The Morgan fingerprint density at radius 3 is 1.71 bits per heavy atom. The Morgan fingerprint density at radius 2 is 1.19 bits per heavy atom. The minimum atomic E-state index is -0.196. The van der Waals surface area contributed by atoms with Crippen LogP contribution in [-0.4, -0.2) is 5.11 Å². The molecule has 0 aliphatic rings. The SMILES string of the molecule is Cc1c(O)cccc1[S+](c1ccccc1)c1ccccc1. The lowest BCUT2D eigenvalue weighted by molar-refractivity contribution is 0.469. The average molecular weight is 293 g/mol. The van der Waals surface area contributed by atoms with Crippen LogP contribution in [0.4, 0.5) is 0 Å². The number of hydrogen-bond donors (Lipinski definition) is 1. The smallest absolute Gasteiger partial charge is 0.173 e. The second-order valence-electron chi connectivity index (χ2n) is 4.83. The molecule has 3 aromatic carbocycles. The summed E-state index contributed by atoms with van der Waals surface area (Å²) in [5.74, 6) is 0.358. The summed E-state index contributed by atoms with van der Waals surface area (Å²) in [5, 5.41) is 10.0. The Bertz CT molecular complexity index is 684. The van der Waals surface area contributed by atoms with Crippen molar-refractivity contribution in [2.24, 2.45) is 0 Å². The van der Waals surface area contributed by atoms with Gasteiger partial charge in [-0.1, -0.05) is 42.5 Å². The molecule has 0 aliphatic heterocycles. The lowest BCUT2D eigenvalue weighted by Crippen LogP contribution is -2.06. The lowest BCUT2D eigenvalue weighted by Gasteiger charge is -2.10. The Balaban J connectivity index is 2.20. The van der Waals surface area contributed by atoms with Crippen molar-refractivity contribution < 1.29 is 5.11 Å². The number of phenolic OH excluding ortho intramolecular Hbond substituents is 1. The van der Waals surface area contributed by atoms with E-state index in [9.17, 15) is 5.11 Å². The second-order valence-corrected chi connectivity index (χ2v) is 6.83. The van der Waals surface area contributed by atoms with Crippen LogP contribution in [0.3, 0.4) is 0 Å². The number of phenols is 1. The maximum Gasteiger partial charge on any atom is 0.173 e. The predicted molar refractivity (Wildman–Crippen MR) is 87.9 cm³/mol. The number of rotatable bonds is 3. The summed E-state index contributed by atoms with van der Waals surface area (Å²) in [5.41, 5.74) is 0.952. The Kier molecular flexibility index (Phi) is 3.98. The fourth-order valence-electron chi connectivity index (χ4n) is 2.33. The van der Waals surface area contributed by atoms with Crippen LogP contribution in [0.15, 0.2) is 93.5 Å². The molecule has 1 N–H and O–H groups in total. The van der Waals surface area contributed by atoms with Crippen LogP contribution in [0.5, 0.6) is 5.75 Å². The van der Waals surface area contributed by atoms with Crippen molar-refractivity contribution in [1.82, 2.24) is 0 Å². The van der Waals surface area contributed by atoms with Crippen LogP contribution in [-0.2, 0) is 10.9 Å². The first-order valence-corrected chi connectivity index (χ1v) is 8.13. The van der Waals surface area contributed by atoms with E-state index in [1.165, 1.54) is 14.7 Å². The van der Waals surface area contributed by atoms with Crippen LogP contribution >= 0.6 is 0 Å². The van der Waals surface area contributed by atoms with Crippen molar-refractivity contribution in [1.29, 1.82) is 0 Å². The van der Waals surface area contributed by atoms with E-state index < -0.39 is 0 Å². The van der Waals surface area contributed by atoms with Gasteiger partial charge in [0.1, 0.15) is 5.75 Å². The van der Waals surface area contributed by atoms with Gasteiger partial charge >= 0.3 is 0 Å². The van der Waals surface area contributed by atoms with Crippen LogP contribution in [0.1, 0.15) is 5.56 Å². The first-order valence-electron chi connectivity index (χ1n) is 6.90. The minimum Gasteiger partial charge on any atom is -0.507 e. The molecule has 2 heteroatoms. The molecule has 21 heavy (non-hydrogen) atoms. The molecule has 0 fully saturated rings. The van der Waals surface area contributed by atoms with E-state index in [-0.39, 0.29) is 10.9 Å². The predicted octanol–water partition coefficient (Wildman–Crippen LogP) is 4.80. The van der Waals surface area contributed by atoms with E-state index in [4.69, 9.17) is 0 Å². The standard InChI is InChI=1S/C19H16OS/c1-15-18(20)13-8-14-19(15)21(16-9-4-2-5-10-16)17-11-6-3-7-12-17/h2-14H,1H3/p+1. The Hall–Kier alpha value is -2.19. The van der Waals surface area contributed by atoms with Gasteiger partial charge in [0.15, 0.2) is 14.7 Å². The van der Waals surface area contributed by atoms with E-state index in [1.807, 2.05) is 25.1 Å². The quantitative estimate of drug-likeness (QED) is 0.688. The van der Waals surface area contributed by atoms with Crippen molar-refractivity contribution in [2.45, 2.75) is 21.6 Å². The van der Waals surface area contributed by atoms with Crippen LogP contribution < -0.4 is 0 Å². The van der Waals surface area contributed by atoms with E-state index in [1.54, 1.807) is 6.07 Å². The molecule has 0 spiro atoms. The van der Waals surface area contributed by atoms with Crippen molar-refractivity contribution in [3.8, 4) is 5.75 Å². The van der Waals surface area contributed by atoms with Crippen molar-refractivity contribution in [3.63, 3.8) is 0 Å². The largest absolute Gasteiger partial charge is 0.507 e. The Labute approximate surface area is 128 Å². The fraction of sp³-hybridized carbons (Fsp3) is 0.0526. The molecule has 104 valence electrons. The van der Waals surface area contributed by atoms with E-state index >= 15 is 0 Å². The molecule has 0 heterocycles. The number of hydrogen-bond acceptors (Lipinski definition) is 1. The fourth-order valence-corrected chi connectivity index (χ4v) is 4.59. The summed E-state index contributed by atoms with van der Waals surface area (Å²) in [6.45, 7) is 1.98. The van der Waals surface area contributed by atoms with Gasteiger partial charge in [-0.25, -0.2) is 0 Å². The average Bonchev–Trinajstić information content (AvgIpc) is 2.54. The zero-order chi connectivity index (χ0) is 14.7.